The van der Waals surface area contributed by atoms with Gasteiger partial charge < -0.3 is 10.1 Å². The monoisotopic (exact) mass is 407 g/mol. The molecular formula is C18H15BrClNO3. The minimum atomic E-state index is -0.941. The Hall–Kier alpha value is -2.11. The molecule has 1 atom stereocenters. The van der Waals surface area contributed by atoms with E-state index in [2.05, 4.69) is 21.2 Å². The van der Waals surface area contributed by atoms with Gasteiger partial charge in [0, 0.05) is 10.5 Å². The van der Waals surface area contributed by atoms with Gasteiger partial charge in [-0.1, -0.05) is 51.8 Å². The third kappa shape index (κ3) is 5.51. The molecule has 0 aliphatic carbocycles. The smallest absolute Gasteiger partial charge is 0.331 e. The minimum absolute atomic E-state index is 0.416. The quantitative estimate of drug-likeness (QED) is 0.577. The number of esters is 1. The molecule has 0 heterocycles. The van der Waals surface area contributed by atoms with Crippen molar-refractivity contribution in [2.24, 2.45) is 0 Å². The molecule has 1 N–H and O–H groups in total. The molecule has 0 bridgehead atoms. The number of carbonyl (C=O) groups is 2. The first-order valence-electron chi connectivity index (χ1n) is 7.15. The lowest BCUT2D eigenvalue weighted by Crippen LogP contribution is -2.29. The van der Waals surface area contributed by atoms with Gasteiger partial charge in [0.25, 0.3) is 5.91 Å². The predicted molar refractivity (Wildman–Crippen MR) is 98.8 cm³/mol. The van der Waals surface area contributed by atoms with Gasteiger partial charge in [-0.3, -0.25) is 4.79 Å². The molecule has 1 amide bonds. The van der Waals surface area contributed by atoms with Gasteiger partial charge in [0.2, 0.25) is 0 Å². The van der Waals surface area contributed by atoms with Crippen LogP contribution in [0.2, 0.25) is 5.02 Å². The minimum Gasteiger partial charge on any atom is -0.449 e. The lowest BCUT2D eigenvalue weighted by Gasteiger charge is -2.13. The normalized spacial score (nSPS) is 12.0. The zero-order valence-corrected chi connectivity index (χ0v) is 15.2. The van der Waals surface area contributed by atoms with E-state index in [9.17, 15) is 9.59 Å². The maximum Gasteiger partial charge on any atom is 0.331 e. The van der Waals surface area contributed by atoms with Crippen LogP contribution in [-0.2, 0) is 14.3 Å². The molecule has 4 nitrogen and oxygen atoms in total. The zero-order valence-electron chi connectivity index (χ0n) is 12.8. The number of ether oxygens (including phenoxy) is 1. The molecule has 124 valence electrons. The van der Waals surface area contributed by atoms with Crippen LogP contribution in [0.4, 0.5) is 5.69 Å². The van der Waals surface area contributed by atoms with E-state index >= 15 is 0 Å². The molecule has 2 aromatic carbocycles. The maximum atomic E-state index is 12.0. The second-order valence-electron chi connectivity index (χ2n) is 4.93. The molecule has 0 aliphatic heterocycles. The largest absolute Gasteiger partial charge is 0.449 e. The number of hydrogen-bond donors (Lipinski definition) is 1. The van der Waals surface area contributed by atoms with Crippen LogP contribution in [0.5, 0.6) is 0 Å². The van der Waals surface area contributed by atoms with Crippen LogP contribution >= 0.6 is 27.5 Å². The van der Waals surface area contributed by atoms with Gasteiger partial charge in [-0.2, -0.15) is 0 Å². The molecule has 0 unspecified atom stereocenters. The maximum absolute atomic E-state index is 12.0. The summed E-state index contributed by atoms with van der Waals surface area (Å²) in [5, 5.41) is 3.03. The third-order valence-corrected chi connectivity index (χ3v) is 3.93. The van der Waals surface area contributed by atoms with Gasteiger partial charge in [0.15, 0.2) is 6.10 Å². The number of carbonyl (C=O) groups excluding carboxylic acids is 2. The highest BCUT2D eigenvalue weighted by Gasteiger charge is 2.17. The number of para-hydroxylation sites is 1. The van der Waals surface area contributed by atoms with Gasteiger partial charge in [-0.25, -0.2) is 4.79 Å². The Kier molecular flexibility index (Phi) is 6.58. The molecule has 0 aromatic heterocycles. The summed E-state index contributed by atoms with van der Waals surface area (Å²) >= 11 is 9.31. The summed E-state index contributed by atoms with van der Waals surface area (Å²) < 4.78 is 6.03. The summed E-state index contributed by atoms with van der Waals surface area (Å²) in [5.74, 6) is -1.05. The summed E-state index contributed by atoms with van der Waals surface area (Å²) in [6.45, 7) is 1.50. The molecule has 24 heavy (non-hydrogen) atoms. The molecular weight excluding hydrogens is 394 g/mol. The highest BCUT2D eigenvalue weighted by atomic mass is 79.9. The zero-order chi connectivity index (χ0) is 17.5. The Morgan fingerprint density at radius 3 is 2.50 bits per heavy atom. The summed E-state index contributed by atoms with van der Waals surface area (Å²) in [5.41, 5.74) is 1.32. The SMILES string of the molecule is C[C@@H](OC(=O)/C=C/c1ccc(Br)cc1)C(=O)Nc1ccccc1Cl. The third-order valence-electron chi connectivity index (χ3n) is 3.08. The van der Waals surface area contributed by atoms with Crippen molar-refractivity contribution in [2.45, 2.75) is 13.0 Å². The van der Waals surface area contributed by atoms with Crippen molar-refractivity contribution in [2.75, 3.05) is 5.32 Å². The number of nitrogens with one attached hydrogen (secondary N) is 1. The molecule has 2 rings (SSSR count). The van der Waals surface area contributed by atoms with Gasteiger partial charge in [0.05, 0.1) is 10.7 Å². The van der Waals surface area contributed by atoms with E-state index in [1.807, 2.05) is 24.3 Å². The van der Waals surface area contributed by atoms with Crippen LogP contribution in [0.15, 0.2) is 59.1 Å². The molecule has 0 fully saturated rings. The molecule has 0 saturated carbocycles. The summed E-state index contributed by atoms with van der Waals surface area (Å²) in [4.78, 5) is 23.8. The van der Waals surface area contributed by atoms with Crippen molar-refractivity contribution in [3.05, 3.63) is 69.7 Å². The van der Waals surface area contributed by atoms with Crippen molar-refractivity contribution >= 4 is 51.2 Å². The van der Waals surface area contributed by atoms with Gasteiger partial charge >= 0.3 is 5.97 Å². The highest BCUT2D eigenvalue weighted by Crippen LogP contribution is 2.20. The van der Waals surface area contributed by atoms with Crippen molar-refractivity contribution in [1.29, 1.82) is 0 Å². The Balaban J connectivity index is 1.90. The van der Waals surface area contributed by atoms with Crippen LogP contribution in [0, 0.1) is 0 Å². The Bertz CT molecular complexity index is 759. The Labute approximate surface area is 153 Å². The number of halogens is 2. The molecule has 0 aliphatic rings. The summed E-state index contributed by atoms with van der Waals surface area (Å²) in [7, 11) is 0. The predicted octanol–water partition coefficient (Wildman–Crippen LogP) is 4.69. The van der Waals surface area contributed by atoms with E-state index in [1.54, 1.807) is 30.3 Å². The molecule has 6 heteroatoms. The van der Waals surface area contributed by atoms with Gasteiger partial charge in [-0.05, 0) is 42.8 Å². The first kappa shape index (κ1) is 18.2. The Morgan fingerprint density at radius 2 is 1.83 bits per heavy atom. The van der Waals surface area contributed by atoms with Crippen LogP contribution in [0.25, 0.3) is 6.08 Å². The van der Waals surface area contributed by atoms with Crippen LogP contribution < -0.4 is 5.32 Å². The number of amides is 1. The average molecular weight is 409 g/mol. The van der Waals surface area contributed by atoms with Crippen molar-refractivity contribution in [1.82, 2.24) is 0 Å². The molecule has 0 spiro atoms. The fourth-order valence-corrected chi connectivity index (χ4v) is 2.25. The number of benzene rings is 2. The highest BCUT2D eigenvalue weighted by molar-refractivity contribution is 9.10. The van der Waals surface area contributed by atoms with E-state index in [1.165, 1.54) is 13.0 Å². The summed E-state index contributed by atoms with van der Waals surface area (Å²) in [6, 6.07) is 14.3. The van der Waals surface area contributed by atoms with Crippen LogP contribution in [-0.4, -0.2) is 18.0 Å². The van der Waals surface area contributed by atoms with E-state index in [-0.39, 0.29) is 0 Å². The van der Waals surface area contributed by atoms with E-state index < -0.39 is 18.0 Å². The second-order valence-corrected chi connectivity index (χ2v) is 6.26. The fourth-order valence-electron chi connectivity index (χ4n) is 1.80. The number of hydrogen-bond acceptors (Lipinski definition) is 3. The number of rotatable bonds is 5. The number of anilines is 1. The Morgan fingerprint density at radius 1 is 1.17 bits per heavy atom. The van der Waals surface area contributed by atoms with Crippen molar-refractivity contribution in [3.8, 4) is 0 Å². The molecule has 0 saturated heterocycles. The van der Waals surface area contributed by atoms with Crippen LogP contribution in [0.1, 0.15) is 12.5 Å². The fraction of sp³-hybridized carbons (Fsp3) is 0.111. The van der Waals surface area contributed by atoms with E-state index in [0.717, 1.165) is 10.0 Å². The van der Waals surface area contributed by atoms with Crippen LogP contribution in [0.3, 0.4) is 0 Å². The molecule has 2 aromatic rings. The average Bonchev–Trinajstić information content (AvgIpc) is 2.56. The van der Waals surface area contributed by atoms with E-state index in [0.29, 0.717) is 10.7 Å². The van der Waals surface area contributed by atoms with Gasteiger partial charge in [0.1, 0.15) is 0 Å². The van der Waals surface area contributed by atoms with Crippen molar-refractivity contribution in [3.63, 3.8) is 0 Å². The standard InChI is InChI=1S/C18H15BrClNO3/c1-12(18(23)21-16-5-3-2-4-15(16)20)24-17(22)11-8-13-6-9-14(19)10-7-13/h2-12H,1H3,(H,21,23)/b11-8+/t12-/m1/s1. The summed E-state index contributed by atoms with van der Waals surface area (Å²) in [6.07, 6.45) is 1.96. The first-order chi connectivity index (χ1) is 11.5. The van der Waals surface area contributed by atoms with Crippen molar-refractivity contribution < 1.29 is 14.3 Å². The lowest BCUT2D eigenvalue weighted by molar-refractivity contribution is -0.148. The lowest BCUT2D eigenvalue weighted by atomic mass is 10.2. The first-order valence-corrected chi connectivity index (χ1v) is 8.32. The second kappa shape index (κ2) is 8.66. The van der Waals surface area contributed by atoms with E-state index in [4.69, 9.17) is 16.3 Å². The van der Waals surface area contributed by atoms with Gasteiger partial charge in [-0.15, -0.1) is 0 Å². The topological polar surface area (TPSA) is 55.4 Å². The molecule has 0 radical (unpaired) electrons.